The molecule has 0 fully saturated rings. The lowest BCUT2D eigenvalue weighted by atomic mass is 10.2. The molecule has 0 radical (unpaired) electrons. The molecule has 1 aliphatic heterocycles. The highest BCUT2D eigenvalue weighted by molar-refractivity contribution is 7.98. The molecule has 2 aromatic carbocycles. The smallest absolute Gasteiger partial charge is 0.272 e. The number of hydrogen-bond acceptors (Lipinski definition) is 8. The number of non-ortho nitro benzene ring substituents is 1. The Balaban J connectivity index is 1.46. The second-order valence-corrected chi connectivity index (χ2v) is 8.68. The van der Waals surface area contributed by atoms with Crippen molar-refractivity contribution in [1.29, 1.82) is 0 Å². The maximum absolute atomic E-state index is 13.2. The summed E-state index contributed by atoms with van der Waals surface area (Å²) in [4.78, 5) is 28.3. The van der Waals surface area contributed by atoms with E-state index in [9.17, 15) is 14.9 Å². The standard InChI is InChI=1S/C21H15N3O5S2/c25-20-19-16(7-8-30-19)22-21(31-11-13-1-4-15(5-2-13)24(26)27)23(20)10-14-3-6-17-18(9-14)29-12-28-17/h1-9H,10-12H2. The van der Waals surface area contributed by atoms with E-state index in [1.165, 1.54) is 35.2 Å². The van der Waals surface area contributed by atoms with Gasteiger partial charge in [-0.15, -0.1) is 11.3 Å². The summed E-state index contributed by atoms with van der Waals surface area (Å²) in [6.45, 7) is 0.538. The second kappa shape index (κ2) is 8.05. The highest BCUT2D eigenvalue weighted by Crippen LogP contribution is 2.33. The summed E-state index contributed by atoms with van der Waals surface area (Å²) in [6, 6.07) is 13.8. The molecule has 4 aromatic rings. The summed E-state index contributed by atoms with van der Waals surface area (Å²) in [5.74, 6) is 1.88. The van der Waals surface area contributed by atoms with Crippen LogP contribution in [0, 0.1) is 10.1 Å². The van der Waals surface area contributed by atoms with Crippen molar-refractivity contribution in [2.75, 3.05) is 6.79 Å². The van der Waals surface area contributed by atoms with Gasteiger partial charge < -0.3 is 9.47 Å². The van der Waals surface area contributed by atoms with E-state index in [0.29, 0.717) is 39.2 Å². The van der Waals surface area contributed by atoms with E-state index >= 15 is 0 Å². The third-order valence-corrected chi connectivity index (χ3v) is 6.76. The fraction of sp³-hybridized carbons (Fsp3) is 0.143. The van der Waals surface area contributed by atoms with Crippen LogP contribution in [0.5, 0.6) is 11.5 Å². The normalized spacial score (nSPS) is 12.4. The molecule has 0 atom stereocenters. The number of rotatable bonds is 6. The molecule has 0 bridgehead atoms. The van der Waals surface area contributed by atoms with Gasteiger partial charge in [0.1, 0.15) is 4.70 Å². The molecule has 10 heteroatoms. The minimum absolute atomic E-state index is 0.0475. The first-order chi connectivity index (χ1) is 15.1. The van der Waals surface area contributed by atoms with Crippen molar-refractivity contribution in [1.82, 2.24) is 9.55 Å². The van der Waals surface area contributed by atoms with Gasteiger partial charge in [-0.25, -0.2) is 4.98 Å². The molecule has 8 nitrogen and oxygen atoms in total. The lowest BCUT2D eigenvalue weighted by Crippen LogP contribution is -2.23. The zero-order valence-corrected chi connectivity index (χ0v) is 17.6. The molecule has 0 aliphatic carbocycles. The summed E-state index contributed by atoms with van der Waals surface area (Å²) in [5, 5.41) is 13.3. The van der Waals surface area contributed by atoms with Gasteiger partial charge in [-0.3, -0.25) is 19.5 Å². The largest absolute Gasteiger partial charge is 0.454 e. The number of nitro benzene ring substituents is 1. The number of nitro groups is 1. The highest BCUT2D eigenvalue weighted by atomic mass is 32.2. The van der Waals surface area contributed by atoms with Crippen molar-refractivity contribution in [2.45, 2.75) is 17.5 Å². The third-order valence-electron chi connectivity index (χ3n) is 4.82. The van der Waals surface area contributed by atoms with Crippen molar-refractivity contribution in [3.05, 3.63) is 85.5 Å². The van der Waals surface area contributed by atoms with Gasteiger partial charge >= 0.3 is 0 Å². The fourth-order valence-electron chi connectivity index (χ4n) is 3.26. The lowest BCUT2D eigenvalue weighted by molar-refractivity contribution is -0.384. The number of ether oxygens (including phenoxy) is 2. The Morgan fingerprint density at radius 2 is 1.87 bits per heavy atom. The van der Waals surface area contributed by atoms with Crippen LogP contribution in [-0.4, -0.2) is 21.3 Å². The summed E-state index contributed by atoms with van der Waals surface area (Å²) >= 11 is 2.79. The van der Waals surface area contributed by atoms with Crippen molar-refractivity contribution < 1.29 is 14.4 Å². The first kappa shape index (κ1) is 19.6. The molecule has 3 heterocycles. The summed E-state index contributed by atoms with van der Waals surface area (Å²) in [6.07, 6.45) is 0. The van der Waals surface area contributed by atoms with Crippen LogP contribution >= 0.6 is 23.1 Å². The molecule has 1 aliphatic rings. The molecular weight excluding hydrogens is 438 g/mol. The molecule has 0 spiro atoms. The minimum atomic E-state index is -0.425. The Morgan fingerprint density at radius 1 is 1.10 bits per heavy atom. The van der Waals surface area contributed by atoms with Gasteiger partial charge in [-0.05, 0) is 34.7 Å². The average molecular weight is 454 g/mol. The summed E-state index contributed by atoms with van der Waals surface area (Å²) in [7, 11) is 0. The van der Waals surface area contributed by atoms with Crippen LogP contribution < -0.4 is 15.0 Å². The molecule has 0 amide bonds. The molecule has 0 N–H and O–H groups in total. The number of thiophene rings is 1. The van der Waals surface area contributed by atoms with Crippen LogP contribution in [0.1, 0.15) is 11.1 Å². The van der Waals surface area contributed by atoms with E-state index in [4.69, 9.17) is 14.5 Å². The van der Waals surface area contributed by atoms with E-state index in [2.05, 4.69) is 0 Å². The Kier molecular flexibility index (Phi) is 5.08. The topological polar surface area (TPSA) is 96.5 Å². The van der Waals surface area contributed by atoms with Gasteiger partial charge in [0, 0.05) is 17.9 Å². The van der Waals surface area contributed by atoms with Gasteiger partial charge in [0.25, 0.3) is 11.2 Å². The number of thioether (sulfide) groups is 1. The molecule has 0 saturated heterocycles. The minimum Gasteiger partial charge on any atom is -0.454 e. The predicted molar refractivity (Wildman–Crippen MR) is 118 cm³/mol. The van der Waals surface area contributed by atoms with E-state index in [1.807, 2.05) is 29.6 Å². The predicted octanol–water partition coefficient (Wildman–Crippen LogP) is 4.44. The van der Waals surface area contributed by atoms with Crippen molar-refractivity contribution in [3.63, 3.8) is 0 Å². The first-order valence-electron chi connectivity index (χ1n) is 9.31. The SMILES string of the molecule is O=c1c2sccc2nc(SCc2ccc([N+](=O)[O-])cc2)n1Cc1ccc2c(c1)OCO2. The number of benzene rings is 2. The van der Waals surface area contributed by atoms with E-state index in [-0.39, 0.29) is 18.0 Å². The van der Waals surface area contributed by atoms with Crippen LogP contribution in [0.25, 0.3) is 10.2 Å². The van der Waals surface area contributed by atoms with Gasteiger partial charge in [0.05, 0.1) is 17.0 Å². The molecule has 5 rings (SSSR count). The van der Waals surface area contributed by atoms with E-state index in [1.54, 1.807) is 16.7 Å². The van der Waals surface area contributed by atoms with Gasteiger partial charge in [-0.2, -0.15) is 0 Å². The average Bonchev–Trinajstić information content (AvgIpc) is 3.44. The Bertz CT molecular complexity index is 1350. The second-order valence-electron chi connectivity index (χ2n) is 6.82. The molecule has 156 valence electrons. The van der Waals surface area contributed by atoms with Gasteiger partial charge in [-0.1, -0.05) is 30.0 Å². The molecule has 31 heavy (non-hydrogen) atoms. The van der Waals surface area contributed by atoms with E-state index in [0.717, 1.165) is 11.1 Å². The van der Waals surface area contributed by atoms with Gasteiger partial charge in [0.15, 0.2) is 16.7 Å². The van der Waals surface area contributed by atoms with Crippen molar-refractivity contribution in [3.8, 4) is 11.5 Å². The molecule has 0 unspecified atom stereocenters. The Morgan fingerprint density at radius 3 is 2.68 bits per heavy atom. The highest BCUT2D eigenvalue weighted by Gasteiger charge is 2.17. The number of aromatic nitrogens is 2. The maximum Gasteiger partial charge on any atom is 0.272 e. The van der Waals surface area contributed by atoms with Crippen molar-refractivity contribution >= 4 is 39.0 Å². The zero-order chi connectivity index (χ0) is 21.4. The summed E-state index contributed by atoms with van der Waals surface area (Å²) in [5.41, 5.74) is 2.43. The van der Waals surface area contributed by atoms with Crippen LogP contribution in [0.2, 0.25) is 0 Å². The Hall–Kier alpha value is -3.37. The molecule has 0 saturated carbocycles. The van der Waals surface area contributed by atoms with Gasteiger partial charge in [0.2, 0.25) is 6.79 Å². The zero-order valence-electron chi connectivity index (χ0n) is 16.0. The van der Waals surface area contributed by atoms with Crippen molar-refractivity contribution in [2.24, 2.45) is 0 Å². The number of nitrogens with zero attached hydrogens (tertiary/aromatic N) is 3. The molecule has 2 aromatic heterocycles. The monoisotopic (exact) mass is 453 g/mol. The third kappa shape index (κ3) is 3.87. The number of fused-ring (bicyclic) bond motifs is 2. The maximum atomic E-state index is 13.2. The quantitative estimate of drug-likeness (QED) is 0.184. The Labute approximate surface area is 184 Å². The van der Waals surface area contributed by atoms with Crippen LogP contribution in [0.3, 0.4) is 0 Å². The van der Waals surface area contributed by atoms with Crippen LogP contribution in [0.15, 0.2) is 63.9 Å². The fourth-order valence-corrected chi connectivity index (χ4v) is 4.99. The van der Waals surface area contributed by atoms with Crippen LogP contribution in [-0.2, 0) is 12.3 Å². The number of hydrogen-bond donors (Lipinski definition) is 0. The van der Waals surface area contributed by atoms with E-state index < -0.39 is 4.92 Å². The van der Waals surface area contributed by atoms with Crippen LogP contribution in [0.4, 0.5) is 5.69 Å². The summed E-state index contributed by atoms with van der Waals surface area (Å²) < 4.78 is 13.1. The lowest BCUT2D eigenvalue weighted by Gasteiger charge is -2.12. The first-order valence-corrected chi connectivity index (χ1v) is 11.2. The molecular formula is C21H15N3O5S2.